The summed E-state index contributed by atoms with van der Waals surface area (Å²) < 4.78 is 20.1. The Kier molecular flexibility index (Phi) is 5.54. The molecule has 0 atom stereocenters. The number of carboxylic acids is 1. The van der Waals surface area contributed by atoms with Crippen molar-refractivity contribution in [1.29, 1.82) is 0 Å². The molecule has 0 bridgehead atoms. The highest BCUT2D eigenvalue weighted by atomic mass is 35.5. The Balaban J connectivity index is 1.92. The van der Waals surface area contributed by atoms with Crippen molar-refractivity contribution < 1.29 is 19.0 Å². The summed E-state index contributed by atoms with van der Waals surface area (Å²) in [5.41, 5.74) is 2.32. The number of aliphatic carboxylic acids is 1. The van der Waals surface area contributed by atoms with E-state index in [1.165, 1.54) is 6.07 Å². The van der Waals surface area contributed by atoms with Gasteiger partial charge in [-0.3, -0.25) is 4.79 Å². The van der Waals surface area contributed by atoms with Crippen LogP contribution in [0.25, 0.3) is 11.1 Å². The van der Waals surface area contributed by atoms with Gasteiger partial charge in [0.05, 0.1) is 11.4 Å². The van der Waals surface area contributed by atoms with Gasteiger partial charge < -0.3 is 9.84 Å². The first-order valence-corrected chi connectivity index (χ1v) is 8.38. The molecule has 5 heteroatoms. The zero-order valence-electron chi connectivity index (χ0n) is 13.8. The molecule has 0 amide bonds. The first kappa shape index (κ1) is 18.0. The van der Waals surface area contributed by atoms with Crippen molar-refractivity contribution in [3.05, 3.63) is 88.7 Å². The van der Waals surface area contributed by atoms with Crippen LogP contribution < -0.4 is 4.74 Å². The Morgan fingerprint density at radius 2 is 1.81 bits per heavy atom. The van der Waals surface area contributed by atoms with Crippen LogP contribution >= 0.6 is 11.6 Å². The molecule has 3 rings (SSSR count). The minimum Gasteiger partial charge on any atom is -0.489 e. The number of hydrogen-bond acceptors (Lipinski definition) is 2. The lowest BCUT2D eigenvalue weighted by atomic mass is 10.0. The van der Waals surface area contributed by atoms with Gasteiger partial charge in [-0.1, -0.05) is 60.1 Å². The van der Waals surface area contributed by atoms with Crippen molar-refractivity contribution in [2.24, 2.45) is 0 Å². The van der Waals surface area contributed by atoms with E-state index in [4.69, 9.17) is 16.3 Å². The van der Waals surface area contributed by atoms with Crippen molar-refractivity contribution in [2.75, 3.05) is 0 Å². The average Bonchev–Trinajstić information content (AvgIpc) is 2.63. The van der Waals surface area contributed by atoms with Gasteiger partial charge in [-0.05, 0) is 29.3 Å². The molecule has 0 fully saturated rings. The predicted molar refractivity (Wildman–Crippen MR) is 99.0 cm³/mol. The van der Waals surface area contributed by atoms with Crippen LogP contribution in [0.2, 0.25) is 5.02 Å². The third kappa shape index (κ3) is 4.21. The standard InChI is InChI=1S/C21H16ClFO3/c22-18-8-4-7-17(21(18)23)15-9-10-19(16(11-15)12-20(24)25)26-13-14-5-2-1-3-6-14/h1-11H,12-13H2,(H,24,25). The molecule has 0 saturated carbocycles. The number of carboxylic acid groups (broad SMARTS) is 1. The topological polar surface area (TPSA) is 46.5 Å². The zero-order chi connectivity index (χ0) is 18.5. The van der Waals surface area contributed by atoms with E-state index in [9.17, 15) is 14.3 Å². The van der Waals surface area contributed by atoms with E-state index in [1.807, 2.05) is 30.3 Å². The van der Waals surface area contributed by atoms with Crippen LogP contribution in [-0.2, 0) is 17.8 Å². The van der Waals surface area contributed by atoms with Gasteiger partial charge in [-0.15, -0.1) is 0 Å². The van der Waals surface area contributed by atoms with Crippen LogP contribution in [0.3, 0.4) is 0 Å². The fourth-order valence-corrected chi connectivity index (χ4v) is 2.83. The summed E-state index contributed by atoms with van der Waals surface area (Å²) in [4.78, 5) is 11.2. The van der Waals surface area contributed by atoms with E-state index in [2.05, 4.69) is 0 Å². The molecule has 1 N–H and O–H groups in total. The molecule has 0 radical (unpaired) electrons. The third-order valence-electron chi connectivity index (χ3n) is 3.90. The van der Waals surface area contributed by atoms with Crippen LogP contribution in [0.4, 0.5) is 4.39 Å². The normalized spacial score (nSPS) is 10.5. The van der Waals surface area contributed by atoms with Crippen molar-refractivity contribution in [2.45, 2.75) is 13.0 Å². The molecule has 26 heavy (non-hydrogen) atoms. The first-order valence-electron chi connectivity index (χ1n) is 8.00. The second-order valence-corrected chi connectivity index (χ2v) is 6.18. The highest BCUT2D eigenvalue weighted by molar-refractivity contribution is 6.31. The summed E-state index contributed by atoms with van der Waals surface area (Å²) in [5.74, 6) is -1.06. The molecular formula is C21H16ClFO3. The maximum atomic E-state index is 14.3. The molecule has 3 aromatic carbocycles. The van der Waals surface area contributed by atoms with Crippen molar-refractivity contribution in [3.63, 3.8) is 0 Å². The highest BCUT2D eigenvalue weighted by Gasteiger charge is 2.14. The molecule has 0 heterocycles. The lowest BCUT2D eigenvalue weighted by Gasteiger charge is -2.13. The molecule has 0 aromatic heterocycles. The minimum absolute atomic E-state index is 0.0201. The number of ether oxygens (including phenoxy) is 1. The fraction of sp³-hybridized carbons (Fsp3) is 0.0952. The van der Waals surface area contributed by atoms with E-state index >= 15 is 0 Å². The summed E-state index contributed by atoms with van der Waals surface area (Å²) in [7, 11) is 0. The SMILES string of the molecule is O=C(O)Cc1cc(-c2cccc(Cl)c2F)ccc1OCc1ccccc1. The largest absolute Gasteiger partial charge is 0.489 e. The zero-order valence-corrected chi connectivity index (χ0v) is 14.5. The molecule has 3 nitrogen and oxygen atoms in total. The molecule has 0 spiro atoms. The molecule has 0 aliphatic rings. The Morgan fingerprint density at radius 1 is 1.04 bits per heavy atom. The number of benzene rings is 3. The molecule has 0 aliphatic carbocycles. The van der Waals surface area contributed by atoms with Gasteiger partial charge in [0.25, 0.3) is 0 Å². The van der Waals surface area contributed by atoms with Crippen molar-refractivity contribution in [3.8, 4) is 16.9 Å². The van der Waals surface area contributed by atoms with Crippen LogP contribution in [0.15, 0.2) is 66.7 Å². The number of rotatable bonds is 6. The summed E-state index contributed by atoms with van der Waals surface area (Å²) in [6.45, 7) is 0.318. The van der Waals surface area contributed by atoms with E-state index < -0.39 is 11.8 Å². The maximum Gasteiger partial charge on any atom is 0.307 e. The van der Waals surface area contributed by atoms with E-state index in [1.54, 1.807) is 30.3 Å². The summed E-state index contributed by atoms with van der Waals surface area (Å²) >= 11 is 5.84. The summed E-state index contributed by atoms with van der Waals surface area (Å²) in [6.07, 6.45) is -0.222. The molecule has 0 aliphatic heterocycles. The summed E-state index contributed by atoms with van der Waals surface area (Å²) in [6, 6.07) is 19.3. The van der Waals surface area contributed by atoms with Crippen LogP contribution in [0, 0.1) is 5.82 Å². The van der Waals surface area contributed by atoms with Gasteiger partial charge in [-0.25, -0.2) is 4.39 Å². The molecule has 3 aromatic rings. The average molecular weight is 371 g/mol. The lowest BCUT2D eigenvalue weighted by Crippen LogP contribution is -2.04. The smallest absolute Gasteiger partial charge is 0.307 e. The minimum atomic E-state index is -0.988. The van der Waals surface area contributed by atoms with Gasteiger partial charge in [0.1, 0.15) is 18.2 Å². The maximum absolute atomic E-state index is 14.3. The van der Waals surface area contributed by atoms with Crippen LogP contribution in [0.1, 0.15) is 11.1 Å². The second kappa shape index (κ2) is 8.02. The summed E-state index contributed by atoms with van der Waals surface area (Å²) in [5, 5.41) is 9.21. The first-order chi connectivity index (χ1) is 12.5. The third-order valence-corrected chi connectivity index (χ3v) is 4.19. The molecular weight excluding hydrogens is 355 g/mol. The predicted octanol–water partition coefficient (Wildman–Crippen LogP) is 5.35. The van der Waals surface area contributed by atoms with Crippen LogP contribution in [0.5, 0.6) is 5.75 Å². The quantitative estimate of drug-likeness (QED) is 0.636. The lowest BCUT2D eigenvalue weighted by molar-refractivity contribution is -0.136. The van der Waals surface area contributed by atoms with Gasteiger partial charge >= 0.3 is 5.97 Å². The van der Waals surface area contributed by atoms with Gasteiger partial charge in [0, 0.05) is 11.1 Å². The molecule has 132 valence electrons. The van der Waals surface area contributed by atoms with E-state index in [0.29, 0.717) is 29.0 Å². The Hall–Kier alpha value is -2.85. The second-order valence-electron chi connectivity index (χ2n) is 5.77. The highest BCUT2D eigenvalue weighted by Crippen LogP contribution is 2.31. The van der Waals surface area contributed by atoms with Gasteiger partial charge in [0.2, 0.25) is 0 Å². The molecule has 0 unspecified atom stereocenters. The van der Waals surface area contributed by atoms with Crippen molar-refractivity contribution in [1.82, 2.24) is 0 Å². The monoisotopic (exact) mass is 370 g/mol. The Bertz CT molecular complexity index is 926. The Morgan fingerprint density at radius 3 is 2.54 bits per heavy atom. The van der Waals surface area contributed by atoms with Gasteiger partial charge in [0.15, 0.2) is 0 Å². The fourth-order valence-electron chi connectivity index (χ4n) is 2.65. The van der Waals surface area contributed by atoms with Gasteiger partial charge in [-0.2, -0.15) is 0 Å². The van der Waals surface area contributed by atoms with Crippen molar-refractivity contribution >= 4 is 17.6 Å². The Labute approximate surface area is 155 Å². The van der Waals surface area contributed by atoms with E-state index in [0.717, 1.165) is 5.56 Å². The van der Waals surface area contributed by atoms with E-state index in [-0.39, 0.29) is 11.4 Å². The number of halogens is 2. The molecule has 0 saturated heterocycles. The van der Waals surface area contributed by atoms with Crippen LogP contribution in [-0.4, -0.2) is 11.1 Å². The number of carbonyl (C=O) groups is 1. The number of hydrogen-bond donors (Lipinski definition) is 1.